The first-order chi connectivity index (χ1) is 10.3. The number of rotatable bonds is 7. The van der Waals surface area contributed by atoms with Crippen molar-refractivity contribution in [1.82, 2.24) is 5.32 Å². The van der Waals surface area contributed by atoms with Crippen LogP contribution in [0, 0.1) is 11.8 Å². The lowest BCUT2D eigenvalue weighted by Gasteiger charge is -2.23. The molecule has 1 rings (SSSR count). The van der Waals surface area contributed by atoms with Crippen LogP contribution in [0.25, 0.3) is 0 Å². The fourth-order valence-corrected chi connectivity index (χ4v) is 1.93. The Morgan fingerprint density at radius 2 is 1.68 bits per heavy atom. The van der Waals surface area contributed by atoms with Gasteiger partial charge in [-0.25, -0.2) is 4.79 Å². The third-order valence-electron chi connectivity index (χ3n) is 3.50. The van der Waals surface area contributed by atoms with Gasteiger partial charge in [-0.15, -0.1) is 0 Å². The molecular weight excluding hydrogens is 282 g/mol. The average Bonchev–Trinajstić information content (AvgIpc) is 2.49. The molecule has 0 bridgehead atoms. The number of Topliss-reactive ketones (excluding diaryl/α,β-unsaturated/α-hetero) is 2. The van der Waals surface area contributed by atoms with E-state index in [1.165, 1.54) is 6.92 Å². The zero-order chi connectivity index (χ0) is 16.7. The maximum absolute atomic E-state index is 12.2. The molecule has 1 unspecified atom stereocenters. The zero-order valence-electron chi connectivity index (χ0n) is 13.5. The van der Waals surface area contributed by atoms with Crippen molar-refractivity contribution >= 4 is 17.7 Å². The number of alkyl carbamates (subject to hydrolysis) is 1. The first-order valence-electron chi connectivity index (χ1n) is 7.34. The third kappa shape index (κ3) is 5.31. The molecule has 2 atom stereocenters. The lowest BCUT2D eigenvalue weighted by atomic mass is 9.90. The van der Waals surface area contributed by atoms with E-state index in [-0.39, 0.29) is 24.1 Å². The van der Waals surface area contributed by atoms with Crippen molar-refractivity contribution in [3.63, 3.8) is 0 Å². The average molecular weight is 305 g/mol. The number of ether oxygens (including phenoxy) is 1. The summed E-state index contributed by atoms with van der Waals surface area (Å²) >= 11 is 0. The quantitative estimate of drug-likeness (QED) is 0.786. The predicted octanol–water partition coefficient (Wildman–Crippen LogP) is 2.73. The van der Waals surface area contributed by atoms with Crippen molar-refractivity contribution in [2.24, 2.45) is 11.8 Å². The van der Waals surface area contributed by atoms with Crippen LogP contribution in [0.3, 0.4) is 0 Å². The summed E-state index contributed by atoms with van der Waals surface area (Å²) in [4.78, 5) is 35.4. The second kappa shape index (κ2) is 8.32. The molecule has 1 aromatic rings. The van der Waals surface area contributed by atoms with Crippen molar-refractivity contribution < 1.29 is 19.1 Å². The van der Waals surface area contributed by atoms with Gasteiger partial charge >= 0.3 is 6.09 Å². The van der Waals surface area contributed by atoms with Crippen molar-refractivity contribution in [3.05, 3.63) is 35.9 Å². The number of hydrogen-bond acceptors (Lipinski definition) is 4. The molecule has 1 amide bonds. The number of hydrogen-bond donors (Lipinski definition) is 1. The molecule has 0 aliphatic carbocycles. The van der Waals surface area contributed by atoms with Crippen molar-refractivity contribution in [1.29, 1.82) is 0 Å². The van der Waals surface area contributed by atoms with Gasteiger partial charge in [-0.1, -0.05) is 44.2 Å². The molecular formula is C17H23NO4. The topological polar surface area (TPSA) is 72.5 Å². The van der Waals surface area contributed by atoms with E-state index in [1.807, 2.05) is 44.2 Å². The Morgan fingerprint density at radius 3 is 2.18 bits per heavy atom. The molecule has 0 aromatic heterocycles. The molecule has 0 aliphatic rings. The summed E-state index contributed by atoms with van der Waals surface area (Å²) in [6.45, 7) is 6.68. The predicted molar refractivity (Wildman–Crippen MR) is 83.2 cm³/mol. The van der Waals surface area contributed by atoms with Gasteiger partial charge in [0.2, 0.25) is 0 Å². The molecule has 1 aromatic carbocycles. The Morgan fingerprint density at radius 1 is 1.09 bits per heavy atom. The lowest BCUT2D eigenvalue weighted by molar-refractivity contribution is -0.132. The molecule has 22 heavy (non-hydrogen) atoms. The molecule has 5 nitrogen and oxygen atoms in total. The summed E-state index contributed by atoms with van der Waals surface area (Å²) in [6, 6.07) is 8.53. The molecule has 5 heteroatoms. The summed E-state index contributed by atoms with van der Waals surface area (Å²) in [5.41, 5.74) is 0.863. The van der Waals surface area contributed by atoms with E-state index in [9.17, 15) is 14.4 Å². The minimum absolute atomic E-state index is 0.126. The highest BCUT2D eigenvalue weighted by Gasteiger charge is 2.30. The minimum atomic E-state index is -0.734. The first kappa shape index (κ1) is 17.9. The maximum Gasteiger partial charge on any atom is 0.408 e. The summed E-state index contributed by atoms with van der Waals surface area (Å²) in [6.07, 6.45) is -0.661. The number of nitrogens with one attached hydrogen (secondary N) is 1. The highest BCUT2D eigenvalue weighted by molar-refractivity contribution is 6.04. The van der Waals surface area contributed by atoms with Gasteiger partial charge in [-0.05, 0) is 25.3 Å². The van der Waals surface area contributed by atoms with E-state index in [0.29, 0.717) is 0 Å². The molecule has 0 fully saturated rings. The highest BCUT2D eigenvalue weighted by Crippen LogP contribution is 2.11. The highest BCUT2D eigenvalue weighted by atomic mass is 16.5. The third-order valence-corrected chi connectivity index (χ3v) is 3.50. The van der Waals surface area contributed by atoms with Crippen LogP contribution in [0.5, 0.6) is 0 Å². The van der Waals surface area contributed by atoms with Crippen LogP contribution < -0.4 is 5.32 Å². The second-order valence-electron chi connectivity index (χ2n) is 5.66. The van der Waals surface area contributed by atoms with Gasteiger partial charge in [-0.2, -0.15) is 0 Å². The van der Waals surface area contributed by atoms with Crippen LogP contribution >= 0.6 is 0 Å². The fourth-order valence-electron chi connectivity index (χ4n) is 1.93. The van der Waals surface area contributed by atoms with Crippen LogP contribution in [0.15, 0.2) is 30.3 Å². The van der Waals surface area contributed by atoms with Gasteiger partial charge in [0.15, 0.2) is 5.78 Å². The van der Waals surface area contributed by atoms with Gasteiger partial charge < -0.3 is 10.1 Å². The van der Waals surface area contributed by atoms with Gasteiger partial charge in [0.1, 0.15) is 12.4 Å². The van der Waals surface area contributed by atoms with Gasteiger partial charge in [0.05, 0.1) is 12.0 Å². The number of amides is 1. The molecule has 0 heterocycles. The van der Waals surface area contributed by atoms with Crippen molar-refractivity contribution in [3.8, 4) is 0 Å². The smallest absolute Gasteiger partial charge is 0.408 e. The summed E-state index contributed by atoms with van der Waals surface area (Å²) in [7, 11) is 0. The minimum Gasteiger partial charge on any atom is -0.445 e. The maximum atomic E-state index is 12.2. The standard InChI is InChI=1S/C17H23NO4/c1-11(2)15(16(20)12(3)13(4)19)18-17(21)22-10-14-8-6-5-7-9-14/h5-9,11-12,15H,10H2,1-4H3,(H,18,21)/t12?,15-/m0/s1. The summed E-state index contributed by atoms with van der Waals surface area (Å²) < 4.78 is 5.11. The van der Waals surface area contributed by atoms with E-state index < -0.39 is 18.1 Å². The van der Waals surface area contributed by atoms with Gasteiger partial charge in [0.25, 0.3) is 0 Å². The largest absolute Gasteiger partial charge is 0.445 e. The first-order valence-corrected chi connectivity index (χ1v) is 7.34. The van der Waals surface area contributed by atoms with E-state index in [2.05, 4.69) is 5.32 Å². The fraction of sp³-hybridized carbons (Fsp3) is 0.471. The second-order valence-corrected chi connectivity index (χ2v) is 5.66. The lowest BCUT2D eigenvalue weighted by Crippen LogP contribution is -2.47. The Bertz CT molecular complexity index is 525. The zero-order valence-corrected chi connectivity index (χ0v) is 13.5. The van der Waals surface area contributed by atoms with Crippen LogP contribution in [0.1, 0.15) is 33.3 Å². The normalized spacial score (nSPS) is 13.3. The van der Waals surface area contributed by atoms with Crippen LogP contribution in [0.2, 0.25) is 0 Å². The van der Waals surface area contributed by atoms with Crippen LogP contribution in [-0.4, -0.2) is 23.7 Å². The molecule has 0 saturated heterocycles. The number of carbonyl (C=O) groups excluding carboxylic acids is 3. The van der Waals surface area contributed by atoms with Crippen LogP contribution in [0.4, 0.5) is 4.79 Å². The Hall–Kier alpha value is -2.17. The Kier molecular flexibility index (Phi) is 6.76. The number of benzene rings is 1. The van der Waals surface area contributed by atoms with Gasteiger partial charge in [-0.3, -0.25) is 9.59 Å². The van der Waals surface area contributed by atoms with Gasteiger partial charge in [0, 0.05) is 0 Å². The van der Waals surface area contributed by atoms with Crippen molar-refractivity contribution in [2.75, 3.05) is 0 Å². The molecule has 120 valence electrons. The molecule has 0 spiro atoms. The molecule has 0 aliphatic heterocycles. The number of ketones is 2. The Balaban J connectivity index is 2.61. The summed E-state index contributed by atoms with van der Waals surface area (Å²) in [5.74, 6) is -1.37. The summed E-state index contributed by atoms with van der Waals surface area (Å²) in [5, 5.41) is 2.56. The number of carbonyl (C=O) groups is 3. The molecule has 0 radical (unpaired) electrons. The van der Waals surface area contributed by atoms with Crippen LogP contribution in [-0.2, 0) is 20.9 Å². The van der Waals surface area contributed by atoms with E-state index >= 15 is 0 Å². The van der Waals surface area contributed by atoms with E-state index in [0.717, 1.165) is 5.56 Å². The van der Waals surface area contributed by atoms with Crippen molar-refractivity contribution in [2.45, 2.75) is 40.3 Å². The molecule has 1 N–H and O–H groups in total. The SMILES string of the molecule is CC(=O)C(C)C(=O)[C@@H](NC(=O)OCc1ccccc1)C(C)C. The monoisotopic (exact) mass is 305 g/mol. The Labute approximate surface area is 131 Å². The molecule has 0 saturated carbocycles. The van der Waals surface area contributed by atoms with E-state index in [4.69, 9.17) is 4.74 Å². The van der Waals surface area contributed by atoms with E-state index in [1.54, 1.807) is 6.92 Å².